The maximum absolute atomic E-state index is 11.9. The van der Waals surface area contributed by atoms with Crippen molar-refractivity contribution < 1.29 is 14.4 Å². The highest BCUT2D eigenvalue weighted by atomic mass is 35.5. The fraction of sp³-hybridized carbons (Fsp3) is 0.167. The average molecular weight is 345 g/mol. The summed E-state index contributed by atoms with van der Waals surface area (Å²) in [6.07, 6.45) is 0.220. The van der Waals surface area contributed by atoms with Gasteiger partial charge in [-0.3, -0.25) is 25.2 Å². The van der Waals surface area contributed by atoms with Gasteiger partial charge in [0.15, 0.2) is 5.78 Å². The van der Waals surface area contributed by atoms with Crippen molar-refractivity contribution in [1.82, 2.24) is 10.9 Å². The van der Waals surface area contributed by atoms with Crippen molar-refractivity contribution in [2.75, 3.05) is 0 Å². The zero-order valence-electron chi connectivity index (χ0n) is 12.9. The molecule has 0 heterocycles. The number of carbonyl (C=O) groups excluding carboxylic acids is 3. The zero-order chi connectivity index (χ0) is 17.4. The van der Waals surface area contributed by atoms with Gasteiger partial charge < -0.3 is 0 Å². The van der Waals surface area contributed by atoms with Gasteiger partial charge in [0.25, 0.3) is 0 Å². The number of nitrogens with one attached hydrogen (secondary N) is 2. The Morgan fingerprint density at radius 2 is 1.42 bits per heavy atom. The van der Waals surface area contributed by atoms with Crippen LogP contribution in [0.25, 0.3) is 0 Å². The lowest BCUT2D eigenvalue weighted by Crippen LogP contribution is -2.42. The first-order chi connectivity index (χ1) is 11.5. The molecule has 0 aliphatic carbocycles. The van der Waals surface area contributed by atoms with E-state index in [4.69, 9.17) is 11.6 Å². The van der Waals surface area contributed by atoms with Gasteiger partial charge in [-0.25, -0.2) is 0 Å². The van der Waals surface area contributed by atoms with Crippen LogP contribution in [0.1, 0.15) is 28.8 Å². The molecule has 0 radical (unpaired) electrons. The first-order valence-corrected chi connectivity index (χ1v) is 7.83. The molecule has 2 rings (SSSR count). The van der Waals surface area contributed by atoms with Gasteiger partial charge >= 0.3 is 0 Å². The van der Waals surface area contributed by atoms with Crippen LogP contribution in [0.2, 0.25) is 5.02 Å². The van der Waals surface area contributed by atoms with Crippen LogP contribution in [0.5, 0.6) is 0 Å². The maximum atomic E-state index is 11.9. The molecule has 0 fully saturated rings. The quantitative estimate of drug-likeness (QED) is 0.625. The number of hydrogen-bond acceptors (Lipinski definition) is 3. The van der Waals surface area contributed by atoms with Crippen LogP contribution in [0.4, 0.5) is 0 Å². The van der Waals surface area contributed by atoms with E-state index in [1.54, 1.807) is 48.5 Å². The summed E-state index contributed by atoms with van der Waals surface area (Å²) >= 11 is 5.77. The molecule has 5 nitrogen and oxygen atoms in total. The molecule has 2 aromatic rings. The minimum absolute atomic E-state index is 0.00888. The molecule has 0 saturated carbocycles. The summed E-state index contributed by atoms with van der Waals surface area (Å²) < 4.78 is 0. The summed E-state index contributed by atoms with van der Waals surface area (Å²) in [5.41, 5.74) is 5.98. The van der Waals surface area contributed by atoms with Gasteiger partial charge in [0.05, 0.1) is 6.42 Å². The first kappa shape index (κ1) is 17.7. The van der Waals surface area contributed by atoms with E-state index >= 15 is 0 Å². The number of ketones is 1. The lowest BCUT2D eigenvalue weighted by molar-refractivity contribution is -0.128. The fourth-order valence-electron chi connectivity index (χ4n) is 2.03. The number of rotatable bonds is 6. The van der Waals surface area contributed by atoms with E-state index in [2.05, 4.69) is 10.9 Å². The average Bonchev–Trinajstić information content (AvgIpc) is 2.60. The van der Waals surface area contributed by atoms with Crippen LogP contribution in [0.15, 0.2) is 54.6 Å². The number of Topliss-reactive ketones (excluding diaryl/α,β-unsaturated/α-hetero) is 1. The molecule has 0 spiro atoms. The van der Waals surface area contributed by atoms with Crippen LogP contribution in [-0.2, 0) is 16.0 Å². The Balaban J connectivity index is 1.70. The number of carbonyl (C=O) groups is 3. The van der Waals surface area contributed by atoms with Crippen molar-refractivity contribution >= 4 is 29.2 Å². The second-order valence-electron chi connectivity index (χ2n) is 5.19. The molecular weight excluding hydrogens is 328 g/mol. The van der Waals surface area contributed by atoms with Gasteiger partial charge in [-0.05, 0) is 17.7 Å². The first-order valence-electron chi connectivity index (χ1n) is 7.45. The predicted octanol–water partition coefficient (Wildman–Crippen LogP) is 2.69. The van der Waals surface area contributed by atoms with E-state index in [1.807, 2.05) is 6.07 Å². The Labute approximate surface area is 145 Å². The predicted molar refractivity (Wildman–Crippen MR) is 91.4 cm³/mol. The second kappa shape index (κ2) is 8.84. The van der Waals surface area contributed by atoms with Gasteiger partial charge in [-0.1, -0.05) is 54.1 Å². The maximum Gasteiger partial charge on any atom is 0.242 e. The topological polar surface area (TPSA) is 75.3 Å². The second-order valence-corrected chi connectivity index (χ2v) is 5.63. The van der Waals surface area contributed by atoms with Gasteiger partial charge in [-0.2, -0.15) is 0 Å². The van der Waals surface area contributed by atoms with Crippen molar-refractivity contribution in [2.24, 2.45) is 0 Å². The summed E-state index contributed by atoms with van der Waals surface area (Å²) in [6.45, 7) is 0. The van der Waals surface area contributed by atoms with Crippen molar-refractivity contribution in [3.8, 4) is 0 Å². The minimum atomic E-state index is -0.413. The van der Waals surface area contributed by atoms with Crippen LogP contribution in [-0.4, -0.2) is 17.6 Å². The third-order valence-electron chi connectivity index (χ3n) is 3.29. The largest absolute Gasteiger partial charge is 0.294 e. The van der Waals surface area contributed by atoms with Crippen LogP contribution in [0, 0.1) is 0 Å². The SMILES string of the molecule is O=C(CCC(=O)c1ccccc1)NNC(=O)Cc1ccc(Cl)cc1. The van der Waals surface area contributed by atoms with E-state index in [1.165, 1.54) is 0 Å². The van der Waals surface area contributed by atoms with E-state index in [9.17, 15) is 14.4 Å². The molecule has 0 unspecified atom stereocenters. The highest BCUT2D eigenvalue weighted by Gasteiger charge is 2.10. The van der Waals surface area contributed by atoms with Gasteiger partial charge in [0, 0.05) is 23.4 Å². The summed E-state index contributed by atoms with van der Waals surface area (Å²) in [4.78, 5) is 35.3. The van der Waals surface area contributed by atoms with Gasteiger partial charge in [0.2, 0.25) is 11.8 Å². The monoisotopic (exact) mass is 344 g/mol. The number of hydrazine groups is 1. The lowest BCUT2D eigenvalue weighted by atomic mass is 10.1. The molecule has 2 aromatic carbocycles. The molecule has 0 atom stereocenters. The summed E-state index contributed by atoms with van der Waals surface area (Å²) in [7, 11) is 0. The van der Waals surface area contributed by atoms with E-state index in [-0.39, 0.29) is 31.0 Å². The van der Waals surface area contributed by atoms with Crippen molar-refractivity contribution in [2.45, 2.75) is 19.3 Å². The molecule has 2 N–H and O–H groups in total. The summed E-state index contributed by atoms with van der Waals surface area (Å²) in [6, 6.07) is 15.6. The number of halogens is 1. The molecule has 2 amide bonds. The Morgan fingerprint density at radius 3 is 2.08 bits per heavy atom. The Hall–Kier alpha value is -2.66. The highest BCUT2D eigenvalue weighted by molar-refractivity contribution is 6.30. The summed E-state index contributed by atoms with van der Waals surface area (Å²) in [5.74, 6) is -0.873. The van der Waals surface area contributed by atoms with Crippen molar-refractivity contribution in [3.63, 3.8) is 0 Å². The van der Waals surface area contributed by atoms with Crippen LogP contribution < -0.4 is 10.9 Å². The highest BCUT2D eigenvalue weighted by Crippen LogP contribution is 2.09. The Kier molecular flexibility index (Phi) is 6.51. The normalized spacial score (nSPS) is 10.0. The molecule has 0 aliphatic heterocycles. The number of hydrogen-bond donors (Lipinski definition) is 2. The molecular formula is C18H17ClN2O3. The lowest BCUT2D eigenvalue weighted by Gasteiger charge is -2.07. The standard InChI is InChI=1S/C18H17ClN2O3/c19-15-8-6-13(7-9-15)12-18(24)21-20-17(23)11-10-16(22)14-4-2-1-3-5-14/h1-9H,10-12H2,(H,20,23)(H,21,24). The molecule has 24 heavy (non-hydrogen) atoms. The molecule has 124 valence electrons. The third-order valence-corrected chi connectivity index (χ3v) is 3.55. The molecule has 6 heteroatoms. The Morgan fingerprint density at radius 1 is 0.792 bits per heavy atom. The van der Waals surface area contributed by atoms with E-state index in [0.717, 1.165) is 5.56 Å². The minimum Gasteiger partial charge on any atom is -0.294 e. The summed E-state index contributed by atoms with van der Waals surface area (Å²) in [5, 5.41) is 0.593. The number of benzene rings is 2. The molecule has 0 aliphatic rings. The smallest absolute Gasteiger partial charge is 0.242 e. The molecule has 0 aromatic heterocycles. The van der Waals surface area contributed by atoms with Crippen LogP contribution >= 0.6 is 11.6 Å². The zero-order valence-corrected chi connectivity index (χ0v) is 13.7. The van der Waals surface area contributed by atoms with E-state index < -0.39 is 5.91 Å². The molecule has 0 bridgehead atoms. The number of amides is 2. The van der Waals surface area contributed by atoms with Crippen molar-refractivity contribution in [3.05, 3.63) is 70.7 Å². The third kappa shape index (κ3) is 5.85. The van der Waals surface area contributed by atoms with Gasteiger partial charge in [-0.15, -0.1) is 0 Å². The van der Waals surface area contributed by atoms with Crippen LogP contribution in [0.3, 0.4) is 0 Å². The van der Waals surface area contributed by atoms with Crippen molar-refractivity contribution in [1.29, 1.82) is 0 Å². The fourth-order valence-corrected chi connectivity index (χ4v) is 2.16. The Bertz CT molecular complexity index is 715. The van der Waals surface area contributed by atoms with E-state index in [0.29, 0.717) is 10.6 Å². The van der Waals surface area contributed by atoms with Gasteiger partial charge in [0.1, 0.15) is 0 Å². The molecule has 0 saturated heterocycles.